The average molecular weight is 420 g/mol. The Morgan fingerprint density at radius 3 is 2.62 bits per heavy atom. The Bertz CT molecular complexity index is 883. The van der Waals surface area contributed by atoms with Gasteiger partial charge in [-0.1, -0.05) is 11.3 Å². The number of anilines is 1. The molecule has 1 N–H and O–H groups in total. The number of ether oxygens (including phenoxy) is 3. The summed E-state index contributed by atoms with van der Waals surface area (Å²) in [4.78, 5) is 31.7. The molecule has 1 aromatic heterocycles. The van der Waals surface area contributed by atoms with Crippen molar-refractivity contribution in [3.8, 4) is 11.5 Å². The van der Waals surface area contributed by atoms with Gasteiger partial charge in [-0.2, -0.15) is 0 Å². The molecule has 1 aliphatic heterocycles. The quantitative estimate of drug-likeness (QED) is 0.736. The summed E-state index contributed by atoms with van der Waals surface area (Å²) in [6.07, 6.45) is 0.313. The predicted molar refractivity (Wildman–Crippen MR) is 110 cm³/mol. The summed E-state index contributed by atoms with van der Waals surface area (Å²) < 4.78 is 16.2. The van der Waals surface area contributed by atoms with Gasteiger partial charge in [0.05, 0.1) is 32.1 Å². The normalized spacial score (nSPS) is 12.9. The minimum atomic E-state index is -0.324. The van der Waals surface area contributed by atoms with E-state index >= 15 is 0 Å². The molecule has 0 atom stereocenters. The van der Waals surface area contributed by atoms with Crippen molar-refractivity contribution in [2.75, 3.05) is 31.7 Å². The Labute approximate surface area is 173 Å². The van der Waals surface area contributed by atoms with Crippen LogP contribution in [0.2, 0.25) is 0 Å². The summed E-state index contributed by atoms with van der Waals surface area (Å²) in [5.41, 5.74) is 1.37. The number of nitrogens with one attached hydrogen (secondary N) is 1. The number of hydrogen-bond donors (Lipinski definition) is 1. The molecule has 3 rings (SSSR count). The smallest absolute Gasteiger partial charge is 0.410 e. The Morgan fingerprint density at radius 2 is 1.90 bits per heavy atom. The van der Waals surface area contributed by atoms with Gasteiger partial charge < -0.3 is 19.1 Å². The zero-order chi connectivity index (χ0) is 20.8. The number of aromatic nitrogens is 1. The van der Waals surface area contributed by atoms with E-state index in [0.717, 1.165) is 10.6 Å². The molecule has 2 amide bonds. The van der Waals surface area contributed by atoms with E-state index in [9.17, 15) is 9.59 Å². The molecule has 9 heteroatoms. The lowest BCUT2D eigenvalue weighted by Gasteiger charge is -2.24. The van der Waals surface area contributed by atoms with E-state index in [1.807, 2.05) is 13.8 Å². The van der Waals surface area contributed by atoms with Gasteiger partial charge in [0.15, 0.2) is 16.6 Å². The number of fused-ring (bicyclic) bond motifs is 1. The van der Waals surface area contributed by atoms with E-state index in [2.05, 4.69) is 10.3 Å². The molecule has 1 aliphatic rings. The summed E-state index contributed by atoms with van der Waals surface area (Å²) in [5.74, 6) is 0.863. The van der Waals surface area contributed by atoms with Gasteiger partial charge in [-0.25, -0.2) is 9.78 Å². The molecule has 0 fully saturated rings. The number of thiazole rings is 1. The van der Waals surface area contributed by atoms with Gasteiger partial charge in [-0.15, -0.1) is 0 Å². The second-order valence-corrected chi connectivity index (χ2v) is 7.32. The summed E-state index contributed by atoms with van der Waals surface area (Å²) >= 11 is 1.37. The van der Waals surface area contributed by atoms with Crippen LogP contribution in [-0.4, -0.2) is 48.2 Å². The predicted octanol–water partition coefficient (Wildman–Crippen LogP) is 3.71. The van der Waals surface area contributed by atoms with Crippen LogP contribution in [0, 0.1) is 0 Å². The first kappa shape index (κ1) is 20.9. The summed E-state index contributed by atoms with van der Waals surface area (Å²) in [5, 5.41) is 3.35. The van der Waals surface area contributed by atoms with Crippen LogP contribution in [0.1, 0.15) is 41.7 Å². The molecule has 0 saturated carbocycles. The highest BCUT2D eigenvalue weighted by Gasteiger charge is 2.25. The lowest BCUT2D eigenvalue weighted by molar-refractivity contribution is 0.102. The van der Waals surface area contributed by atoms with Gasteiger partial charge in [0.1, 0.15) is 0 Å². The molecule has 0 saturated heterocycles. The molecule has 2 aromatic rings. The van der Waals surface area contributed by atoms with Gasteiger partial charge in [-0.05, 0) is 39.0 Å². The van der Waals surface area contributed by atoms with Crippen LogP contribution in [0.4, 0.5) is 9.93 Å². The molecule has 8 nitrogen and oxygen atoms in total. The maximum atomic E-state index is 12.7. The highest BCUT2D eigenvalue weighted by Crippen LogP contribution is 2.31. The fraction of sp³-hybridized carbons (Fsp3) is 0.450. The minimum absolute atomic E-state index is 0.276. The molecule has 0 unspecified atom stereocenters. The second-order valence-electron chi connectivity index (χ2n) is 6.24. The van der Waals surface area contributed by atoms with E-state index < -0.39 is 0 Å². The zero-order valence-electron chi connectivity index (χ0n) is 16.8. The highest BCUT2D eigenvalue weighted by atomic mass is 32.1. The number of amides is 2. The van der Waals surface area contributed by atoms with E-state index in [-0.39, 0.29) is 12.0 Å². The van der Waals surface area contributed by atoms with E-state index in [4.69, 9.17) is 14.2 Å². The third-order valence-electron chi connectivity index (χ3n) is 4.28. The van der Waals surface area contributed by atoms with Gasteiger partial charge in [0.25, 0.3) is 5.91 Å². The maximum Gasteiger partial charge on any atom is 0.410 e. The van der Waals surface area contributed by atoms with Crippen molar-refractivity contribution in [3.05, 3.63) is 34.3 Å². The van der Waals surface area contributed by atoms with Crippen molar-refractivity contribution < 1.29 is 23.8 Å². The lowest BCUT2D eigenvalue weighted by atomic mass is 10.2. The third kappa shape index (κ3) is 4.97. The van der Waals surface area contributed by atoms with Crippen LogP contribution in [0.3, 0.4) is 0 Å². The van der Waals surface area contributed by atoms with Gasteiger partial charge in [-0.3, -0.25) is 10.1 Å². The standard InChI is InChI=1S/C20H25N3O5S/c1-4-26-15-8-7-13(11-16(15)27-5-2)18(24)22-19-21-14-9-10-23(12-17(14)29-19)20(25)28-6-3/h7-8,11H,4-6,9-10,12H2,1-3H3,(H,21,22,24). The number of benzene rings is 1. The van der Waals surface area contributed by atoms with Gasteiger partial charge in [0, 0.05) is 23.4 Å². The van der Waals surface area contributed by atoms with Crippen LogP contribution in [0.15, 0.2) is 18.2 Å². The Balaban J connectivity index is 1.71. The Kier molecular flexibility index (Phi) is 6.92. The first-order chi connectivity index (χ1) is 14.0. The first-order valence-corrected chi connectivity index (χ1v) is 10.5. The van der Waals surface area contributed by atoms with E-state index in [1.165, 1.54) is 11.3 Å². The summed E-state index contributed by atoms with van der Waals surface area (Å²) in [7, 11) is 0. The largest absolute Gasteiger partial charge is 0.490 e. The molecular weight excluding hydrogens is 394 g/mol. The first-order valence-electron chi connectivity index (χ1n) is 9.66. The molecule has 0 bridgehead atoms. The van der Waals surface area contributed by atoms with Crippen molar-refractivity contribution in [2.45, 2.75) is 33.7 Å². The van der Waals surface area contributed by atoms with Gasteiger partial charge >= 0.3 is 6.09 Å². The van der Waals surface area contributed by atoms with Crippen LogP contribution in [0.25, 0.3) is 0 Å². The molecule has 0 aliphatic carbocycles. The van der Waals surface area contributed by atoms with E-state index in [1.54, 1.807) is 30.0 Å². The number of carbonyl (C=O) groups excluding carboxylic acids is 2. The van der Waals surface area contributed by atoms with Crippen molar-refractivity contribution in [1.29, 1.82) is 0 Å². The van der Waals surface area contributed by atoms with E-state index in [0.29, 0.717) is 61.5 Å². The summed E-state index contributed by atoms with van der Waals surface area (Å²) in [6, 6.07) is 5.09. The van der Waals surface area contributed by atoms with Crippen molar-refractivity contribution in [1.82, 2.24) is 9.88 Å². The van der Waals surface area contributed by atoms with Crippen LogP contribution < -0.4 is 14.8 Å². The van der Waals surface area contributed by atoms with Crippen molar-refractivity contribution in [2.24, 2.45) is 0 Å². The molecule has 1 aromatic carbocycles. The molecule has 0 radical (unpaired) electrons. The summed E-state index contributed by atoms with van der Waals surface area (Å²) in [6.45, 7) is 7.88. The van der Waals surface area contributed by atoms with Crippen LogP contribution >= 0.6 is 11.3 Å². The molecule has 0 spiro atoms. The topological polar surface area (TPSA) is 90.0 Å². The lowest BCUT2D eigenvalue weighted by Crippen LogP contribution is -2.35. The van der Waals surface area contributed by atoms with Crippen molar-refractivity contribution >= 4 is 28.5 Å². The van der Waals surface area contributed by atoms with Gasteiger partial charge in [0.2, 0.25) is 0 Å². The highest BCUT2D eigenvalue weighted by molar-refractivity contribution is 7.15. The Morgan fingerprint density at radius 1 is 1.14 bits per heavy atom. The second kappa shape index (κ2) is 9.60. The fourth-order valence-electron chi connectivity index (χ4n) is 2.98. The molecule has 156 valence electrons. The third-order valence-corrected chi connectivity index (χ3v) is 5.28. The SMILES string of the molecule is CCOC(=O)N1CCc2nc(NC(=O)c3ccc(OCC)c(OCC)c3)sc2C1. The van der Waals surface area contributed by atoms with Crippen molar-refractivity contribution in [3.63, 3.8) is 0 Å². The average Bonchev–Trinajstić information content (AvgIpc) is 3.11. The zero-order valence-corrected chi connectivity index (χ0v) is 17.6. The monoisotopic (exact) mass is 419 g/mol. The molecule has 2 heterocycles. The molecule has 29 heavy (non-hydrogen) atoms. The van der Waals surface area contributed by atoms with Crippen LogP contribution in [0.5, 0.6) is 11.5 Å². The number of hydrogen-bond acceptors (Lipinski definition) is 7. The Hall–Kier alpha value is -2.81. The van der Waals surface area contributed by atoms with Crippen LogP contribution in [-0.2, 0) is 17.7 Å². The maximum absolute atomic E-state index is 12.7. The fourth-order valence-corrected chi connectivity index (χ4v) is 4.00. The number of nitrogens with zero attached hydrogens (tertiary/aromatic N) is 2. The number of carbonyl (C=O) groups is 2. The minimum Gasteiger partial charge on any atom is -0.490 e. The molecular formula is C20H25N3O5S. The number of rotatable bonds is 7.